The summed E-state index contributed by atoms with van der Waals surface area (Å²) >= 11 is 0. The van der Waals surface area contributed by atoms with E-state index in [2.05, 4.69) is 11.8 Å². The smallest absolute Gasteiger partial charge is 0.127 e. The molecule has 2 aliphatic rings. The molecule has 2 fully saturated rings. The van der Waals surface area contributed by atoms with Crippen LogP contribution in [0.5, 0.6) is 0 Å². The second kappa shape index (κ2) is 5.49. The van der Waals surface area contributed by atoms with E-state index in [-0.39, 0.29) is 11.5 Å². The summed E-state index contributed by atoms with van der Waals surface area (Å²) in [5.74, 6) is 0.344. The van der Waals surface area contributed by atoms with Gasteiger partial charge < -0.3 is 14.8 Å². The Morgan fingerprint density at radius 1 is 1.35 bits per heavy atom. The SMILES string of the molecule is CC1CN(CC2(C=O)CCCCC2)CCC1O. The molecule has 0 radical (unpaired) electrons. The minimum atomic E-state index is -0.148. The normalized spacial score (nSPS) is 34.5. The molecule has 3 heteroatoms. The zero-order valence-electron chi connectivity index (χ0n) is 10.9. The van der Waals surface area contributed by atoms with Gasteiger partial charge in [0, 0.05) is 25.0 Å². The Morgan fingerprint density at radius 2 is 2.06 bits per heavy atom. The molecule has 1 saturated carbocycles. The Hall–Kier alpha value is -0.410. The van der Waals surface area contributed by atoms with E-state index in [9.17, 15) is 9.90 Å². The van der Waals surface area contributed by atoms with Gasteiger partial charge in [-0.05, 0) is 25.2 Å². The lowest BCUT2D eigenvalue weighted by Crippen LogP contribution is -2.47. The van der Waals surface area contributed by atoms with Gasteiger partial charge in [0.1, 0.15) is 6.29 Å². The molecule has 0 aromatic heterocycles. The molecule has 3 nitrogen and oxygen atoms in total. The third-order valence-electron chi connectivity index (χ3n) is 4.58. The molecule has 1 saturated heterocycles. The number of rotatable bonds is 3. The van der Waals surface area contributed by atoms with Gasteiger partial charge in [-0.25, -0.2) is 0 Å². The van der Waals surface area contributed by atoms with Gasteiger partial charge in [-0.1, -0.05) is 26.2 Å². The van der Waals surface area contributed by atoms with Crippen molar-refractivity contribution in [2.45, 2.75) is 51.6 Å². The number of hydrogen-bond donors (Lipinski definition) is 1. The minimum Gasteiger partial charge on any atom is -0.393 e. The molecular weight excluding hydrogens is 214 g/mol. The average Bonchev–Trinajstić information content (AvgIpc) is 2.35. The molecular formula is C14H25NO2. The van der Waals surface area contributed by atoms with Gasteiger partial charge >= 0.3 is 0 Å². The van der Waals surface area contributed by atoms with Crippen LogP contribution in [0.25, 0.3) is 0 Å². The van der Waals surface area contributed by atoms with Crippen LogP contribution in [0.4, 0.5) is 0 Å². The summed E-state index contributed by atoms with van der Waals surface area (Å²) in [6.07, 6.45) is 7.72. The monoisotopic (exact) mass is 239 g/mol. The molecule has 0 amide bonds. The Kier molecular flexibility index (Phi) is 4.21. The largest absolute Gasteiger partial charge is 0.393 e. The van der Waals surface area contributed by atoms with E-state index in [1.165, 1.54) is 25.5 Å². The van der Waals surface area contributed by atoms with Crippen molar-refractivity contribution in [2.75, 3.05) is 19.6 Å². The van der Waals surface area contributed by atoms with Gasteiger partial charge in [-0.2, -0.15) is 0 Å². The summed E-state index contributed by atoms with van der Waals surface area (Å²) in [6.45, 7) is 4.90. The summed E-state index contributed by atoms with van der Waals surface area (Å²) in [6, 6.07) is 0. The van der Waals surface area contributed by atoms with Crippen LogP contribution in [0.2, 0.25) is 0 Å². The number of aldehydes is 1. The van der Waals surface area contributed by atoms with Crippen molar-refractivity contribution in [3.8, 4) is 0 Å². The predicted molar refractivity (Wildman–Crippen MR) is 67.8 cm³/mol. The maximum atomic E-state index is 11.4. The topological polar surface area (TPSA) is 40.5 Å². The summed E-state index contributed by atoms with van der Waals surface area (Å²) in [5.41, 5.74) is -0.0831. The standard InChI is InChI=1S/C14H25NO2/c1-12-9-15(8-5-13(12)17)10-14(11-16)6-3-2-4-7-14/h11-13,17H,2-10H2,1H3. The first-order chi connectivity index (χ1) is 8.15. The lowest BCUT2D eigenvalue weighted by atomic mass is 9.74. The minimum absolute atomic E-state index is 0.0831. The van der Waals surface area contributed by atoms with Crippen LogP contribution >= 0.6 is 0 Å². The molecule has 0 bridgehead atoms. The number of carbonyl (C=O) groups excluding carboxylic acids is 1. The molecule has 0 aromatic carbocycles. The third kappa shape index (κ3) is 3.08. The van der Waals surface area contributed by atoms with Gasteiger partial charge in [0.05, 0.1) is 6.10 Å². The lowest BCUT2D eigenvalue weighted by molar-refractivity contribution is -0.119. The number of carbonyl (C=O) groups is 1. The van der Waals surface area contributed by atoms with Crippen molar-refractivity contribution < 1.29 is 9.90 Å². The highest BCUT2D eigenvalue weighted by Gasteiger charge is 2.35. The number of hydrogen-bond acceptors (Lipinski definition) is 3. The zero-order valence-corrected chi connectivity index (χ0v) is 10.9. The van der Waals surface area contributed by atoms with E-state index < -0.39 is 0 Å². The van der Waals surface area contributed by atoms with E-state index in [1.807, 2.05) is 0 Å². The van der Waals surface area contributed by atoms with Crippen LogP contribution in [0, 0.1) is 11.3 Å². The van der Waals surface area contributed by atoms with Gasteiger partial charge in [0.2, 0.25) is 0 Å². The van der Waals surface area contributed by atoms with E-state index >= 15 is 0 Å². The predicted octanol–water partition coefficient (Wildman–Crippen LogP) is 1.84. The molecule has 1 heterocycles. The van der Waals surface area contributed by atoms with Crippen molar-refractivity contribution in [2.24, 2.45) is 11.3 Å². The fourth-order valence-corrected chi connectivity index (χ4v) is 3.38. The Bertz CT molecular complexity index is 261. The fourth-order valence-electron chi connectivity index (χ4n) is 3.38. The summed E-state index contributed by atoms with van der Waals surface area (Å²) < 4.78 is 0. The highest BCUT2D eigenvalue weighted by molar-refractivity contribution is 5.60. The van der Waals surface area contributed by atoms with Crippen LogP contribution in [0.15, 0.2) is 0 Å². The van der Waals surface area contributed by atoms with Crippen molar-refractivity contribution in [3.63, 3.8) is 0 Å². The van der Waals surface area contributed by atoms with Crippen LogP contribution < -0.4 is 0 Å². The summed E-state index contributed by atoms with van der Waals surface area (Å²) in [5, 5.41) is 9.73. The fraction of sp³-hybridized carbons (Fsp3) is 0.929. The number of likely N-dealkylation sites (tertiary alicyclic amines) is 1. The van der Waals surface area contributed by atoms with Crippen molar-refractivity contribution in [1.82, 2.24) is 4.90 Å². The molecule has 2 unspecified atom stereocenters. The van der Waals surface area contributed by atoms with Gasteiger partial charge in [0.25, 0.3) is 0 Å². The molecule has 17 heavy (non-hydrogen) atoms. The summed E-state index contributed by atoms with van der Waals surface area (Å²) in [4.78, 5) is 13.8. The number of aliphatic hydroxyl groups excluding tert-OH is 1. The highest BCUT2D eigenvalue weighted by atomic mass is 16.3. The Labute approximate surface area is 104 Å². The molecule has 2 atom stereocenters. The Morgan fingerprint density at radius 3 is 2.65 bits per heavy atom. The average molecular weight is 239 g/mol. The van der Waals surface area contributed by atoms with E-state index in [1.54, 1.807) is 0 Å². The third-order valence-corrected chi connectivity index (χ3v) is 4.58. The zero-order chi connectivity index (χ0) is 12.3. The lowest BCUT2D eigenvalue weighted by Gasteiger charge is -2.41. The second-order valence-electron chi connectivity index (χ2n) is 6.11. The van der Waals surface area contributed by atoms with E-state index in [0.29, 0.717) is 5.92 Å². The first kappa shape index (κ1) is 13.0. The van der Waals surface area contributed by atoms with Gasteiger partial charge in [-0.15, -0.1) is 0 Å². The van der Waals surface area contributed by atoms with Crippen LogP contribution in [-0.4, -0.2) is 42.0 Å². The quantitative estimate of drug-likeness (QED) is 0.764. The molecule has 1 N–H and O–H groups in total. The van der Waals surface area contributed by atoms with Crippen LogP contribution in [0.3, 0.4) is 0 Å². The van der Waals surface area contributed by atoms with Crippen molar-refractivity contribution >= 4 is 6.29 Å². The molecule has 0 spiro atoms. The van der Waals surface area contributed by atoms with Gasteiger partial charge in [-0.3, -0.25) is 0 Å². The molecule has 1 aliphatic heterocycles. The number of aliphatic hydroxyl groups is 1. The first-order valence-corrected chi connectivity index (χ1v) is 7.02. The number of nitrogens with zero attached hydrogens (tertiary/aromatic N) is 1. The van der Waals surface area contributed by atoms with Gasteiger partial charge in [0.15, 0.2) is 0 Å². The van der Waals surface area contributed by atoms with Crippen LogP contribution in [0.1, 0.15) is 45.4 Å². The van der Waals surface area contributed by atoms with Crippen molar-refractivity contribution in [1.29, 1.82) is 0 Å². The molecule has 98 valence electrons. The van der Waals surface area contributed by atoms with Crippen LogP contribution in [-0.2, 0) is 4.79 Å². The maximum absolute atomic E-state index is 11.4. The van der Waals surface area contributed by atoms with E-state index in [4.69, 9.17) is 0 Å². The molecule has 1 aliphatic carbocycles. The van der Waals surface area contributed by atoms with E-state index in [0.717, 1.165) is 38.9 Å². The van der Waals surface area contributed by atoms with Crippen molar-refractivity contribution in [3.05, 3.63) is 0 Å². The Balaban J connectivity index is 1.92. The number of piperidine rings is 1. The first-order valence-electron chi connectivity index (χ1n) is 7.02. The maximum Gasteiger partial charge on any atom is 0.127 e. The molecule has 2 rings (SSSR count). The second-order valence-corrected chi connectivity index (χ2v) is 6.11. The highest BCUT2D eigenvalue weighted by Crippen LogP contribution is 2.36. The molecule has 0 aromatic rings. The summed E-state index contributed by atoms with van der Waals surface area (Å²) in [7, 11) is 0.